The molecule has 1 aliphatic rings. The molecule has 1 saturated carbocycles. The average molecular weight is 224 g/mol. The van der Waals surface area contributed by atoms with E-state index in [-0.39, 0.29) is 0 Å². The Balaban J connectivity index is 1.79. The number of furan rings is 1. The molecule has 82 valence electrons. The molecule has 0 radical (unpaired) electrons. The summed E-state index contributed by atoms with van der Waals surface area (Å²) in [5, 5.41) is 0.795. The van der Waals surface area contributed by atoms with E-state index in [0.717, 1.165) is 23.0 Å². The van der Waals surface area contributed by atoms with E-state index >= 15 is 0 Å². The second-order valence-corrected chi connectivity index (χ2v) is 5.28. The van der Waals surface area contributed by atoms with Gasteiger partial charge >= 0.3 is 0 Å². The fourth-order valence-corrected chi connectivity index (χ4v) is 3.19. The number of hydrogen-bond acceptors (Lipinski definition) is 3. The monoisotopic (exact) mass is 224 g/mol. The van der Waals surface area contributed by atoms with Crippen molar-refractivity contribution in [3.63, 3.8) is 0 Å². The number of hydrogen-bond donors (Lipinski definition) is 0. The molecule has 15 heavy (non-hydrogen) atoms. The van der Waals surface area contributed by atoms with Gasteiger partial charge < -0.3 is 4.42 Å². The van der Waals surface area contributed by atoms with Crippen LogP contribution in [0.4, 0.5) is 0 Å². The summed E-state index contributed by atoms with van der Waals surface area (Å²) < 4.78 is 5.33. The highest BCUT2D eigenvalue weighted by Gasteiger charge is 2.14. The highest BCUT2D eigenvalue weighted by Crippen LogP contribution is 2.30. The molecule has 2 nitrogen and oxygen atoms in total. The molecule has 1 heterocycles. The molecule has 0 spiro atoms. The lowest BCUT2D eigenvalue weighted by Gasteiger charge is -2.20. The van der Waals surface area contributed by atoms with Gasteiger partial charge in [-0.1, -0.05) is 19.3 Å². The molecular weight excluding hydrogens is 208 g/mol. The van der Waals surface area contributed by atoms with Gasteiger partial charge in [-0.3, -0.25) is 4.79 Å². The standard InChI is InChI=1S/C12H16O2S/c13-8-10-6-7-11(14-10)9-15-12-4-2-1-3-5-12/h6-8,12H,1-5,9H2. The highest BCUT2D eigenvalue weighted by atomic mass is 32.2. The SMILES string of the molecule is O=Cc1ccc(CSC2CCCCC2)o1. The molecule has 0 N–H and O–H groups in total. The lowest BCUT2D eigenvalue weighted by atomic mass is 10.0. The van der Waals surface area contributed by atoms with Crippen LogP contribution in [0.15, 0.2) is 16.5 Å². The molecular formula is C12H16O2S. The van der Waals surface area contributed by atoms with Crippen LogP contribution in [-0.4, -0.2) is 11.5 Å². The van der Waals surface area contributed by atoms with Crippen molar-refractivity contribution in [2.45, 2.75) is 43.1 Å². The number of aldehydes is 1. The minimum atomic E-state index is 0.439. The lowest BCUT2D eigenvalue weighted by molar-refractivity contribution is 0.109. The van der Waals surface area contributed by atoms with Crippen LogP contribution in [0.3, 0.4) is 0 Å². The Hall–Kier alpha value is -0.700. The van der Waals surface area contributed by atoms with E-state index in [1.165, 1.54) is 32.1 Å². The number of carbonyl (C=O) groups is 1. The van der Waals surface area contributed by atoms with Gasteiger partial charge in [-0.15, -0.1) is 0 Å². The first-order valence-electron chi connectivity index (χ1n) is 5.54. The van der Waals surface area contributed by atoms with Gasteiger partial charge in [-0.25, -0.2) is 0 Å². The summed E-state index contributed by atoms with van der Waals surface area (Å²) in [7, 11) is 0. The van der Waals surface area contributed by atoms with E-state index < -0.39 is 0 Å². The molecule has 0 aromatic carbocycles. The highest BCUT2D eigenvalue weighted by molar-refractivity contribution is 7.99. The van der Waals surface area contributed by atoms with Crippen molar-refractivity contribution in [1.29, 1.82) is 0 Å². The van der Waals surface area contributed by atoms with Crippen LogP contribution in [0.25, 0.3) is 0 Å². The number of thioether (sulfide) groups is 1. The summed E-state index contributed by atoms with van der Waals surface area (Å²) in [6.07, 6.45) is 7.57. The van der Waals surface area contributed by atoms with Gasteiger partial charge in [0, 0.05) is 5.25 Å². The van der Waals surface area contributed by atoms with E-state index in [9.17, 15) is 4.79 Å². The second kappa shape index (κ2) is 5.40. The third-order valence-corrected chi connectivity index (χ3v) is 4.21. The van der Waals surface area contributed by atoms with Crippen LogP contribution in [0.5, 0.6) is 0 Å². The van der Waals surface area contributed by atoms with Crippen LogP contribution >= 0.6 is 11.8 Å². The smallest absolute Gasteiger partial charge is 0.185 e. The molecule has 1 aromatic heterocycles. The molecule has 0 unspecified atom stereocenters. The molecule has 0 bridgehead atoms. The van der Waals surface area contributed by atoms with Gasteiger partial charge in [0.25, 0.3) is 0 Å². The normalized spacial score (nSPS) is 17.9. The van der Waals surface area contributed by atoms with E-state index in [1.54, 1.807) is 6.07 Å². The van der Waals surface area contributed by atoms with Crippen molar-refractivity contribution >= 4 is 18.0 Å². The van der Waals surface area contributed by atoms with E-state index in [4.69, 9.17) is 4.42 Å². The van der Waals surface area contributed by atoms with Crippen molar-refractivity contribution in [1.82, 2.24) is 0 Å². The second-order valence-electron chi connectivity index (χ2n) is 3.99. The minimum absolute atomic E-state index is 0.439. The van der Waals surface area contributed by atoms with Crippen LogP contribution in [0, 0.1) is 0 Å². The predicted molar refractivity (Wildman–Crippen MR) is 62.3 cm³/mol. The number of carbonyl (C=O) groups excluding carboxylic acids is 1. The zero-order valence-electron chi connectivity index (χ0n) is 8.78. The maximum absolute atomic E-state index is 10.4. The van der Waals surface area contributed by atoms with Crippen molar-refractivity contribution in [2.24, 2.45) is 0 Å². The Labute approximate surface area is 94.4 Å². The van der Waals surface area contributed by atoms with Crippen molar-refractivity contribution in [3.8, 4) is 0 Å². The Morgan fingerprint density at radius 1 is 1.33 bits per heavy atom. The molecule has 1 aromatic rings. The first-order valence-corrected chi connectivity index (χ1v) is 6.59. The van der Waals surface area contributed by atoms with E-state index in [1.807, 2.05) is 17.8 Å². The molecule has 1 fully saturated rings. The molecule has 3 heteroatoms. The Morgan fingerprint density at radius 2 is 2.13 bits per heavy atom. The number of rotatable bonds is 4. The molecule has 0 aliphatic heterocycles. The van der Waals surface area contributed by atoms with Gasteiger partial charge in [0.2, 0.25) is 0 Å². The zero-order chi connectivity index (χ0) is 10.5. The summed E-state index contributed by atoms with van der Waals surface area (Å²) in [6.45, 7) is 0. The average Bonchev–Trinajstić information content (AvgIpc) is 2.76. The summed E-state index contributed by atoms with van der Waals surface area (Å²) in [6, 6.07) is 3.64. The van der Waals surface area contributed by atoms with Crippen molar-refractivity contribution < 1.29 is 9.21 Å². The summed E-state index contributed by atoms with van der Waals surface area (Å²) in [4.78, 5) is 10.4. The maximum Gasteiger partial charge on any atom is 0.185 e. The van der Waals surface area contributed by atoms with Crippen molar-refractivity contribution in [2.75, 3.05) is 0 Å². The Kier molecular flexibility index (Phi) is 3.89. The summed E-state index contributed by atoms with van der Waals surface area (Å²) in [5.74, 6) is 2.26. The van der Waals surface area contributed by atoms with Crippen LogP contribution in [-0.2, 0) is 5.75 Å². The first-order chi connectivity index (χ1) is 7.38. The van der Waals surface area contributed by atoms with Crippen molar-refractivity contribution in [3.05, 3.63) is 23.7 Å². The van der Waals surface area contributed by atoms with Gasteiger partial charge in [0.15, 0.2) is 12.0 Å². The fraction of sp³-hybridized carbons (Fsp3) is 0.583. The Morgan fingerprint density at radius 3 is 2.80 bits per heavy atom. The van der Waals surface area contributed by atoms with E-state index in [0.29, 0.717) is 5.76 Å². The van der Waals surface area contributed by atoms with Gasteiger partial charge in [-0.2, -0.15) is 11.8 Å². The van der Waals surface area contributed by atoms with Gasteiger partial charge in [0.05, 0.1) is 5.75 Å². The molecule has 1 aliphatic carbocycles. The fourth-order valence-electron chi connectivity index (χ4n) is 1.97. The van der Waals surface area contributed by atoms with Gasteiger partial charge in [-0.05, 0) is 25.0 Å². The zero-order valence-corrected chi connectivity index (χ0v) is 9.59. The van der Waals surface area contributed by atoms with Gasteiger partial charge in [0.1, 0.15) is 5.76 Å². The van der Waals surface area contributed by atoms with Crippen LogP contribution < -0.4 is 0 Å². The van der Waals surface area contributed by atoms with Crippen LogP contribution in [0.1, 0.15) is 48.4 Å². The van der Waals surface area contributed by atoms with Crippen LogP contribution in [0.2, 0.25) is 0 Å². The molecule has 2 rings (SSSR count). The Bertz CT molecular complexity index is 313. The largest absolute Gasteiger partial charge is 0.457 e. The summed E-state index contributed by atoms with van der Waals surface area (Å²) in [5.41, 5.74) is 0. The molecule has 0 saturated heterocycles. The lowest BCUT2D eigenvalue weighted by Crippen LogP contribution is -2.07. The topological polar surface area (TPSA) is 30.2 Å². The third-order valence-electron chi connectivity index (χ3n) is 2.81. The molecule has 0 atom stereocenters. The quantitative estimate of drug-likeness (QED) is 0.731. The molecule has 0 amide bonds. The predicted octanol–water partition coefficient (Wildman–Crippen LogP) is 3.66. The third kappa shape index (κ3) is 3.13. The minimum Gasteiger partial charge on any atom is -0.457 e. The first kappa shape index (κ1) is 10.8. The summed E-state index contributed by atoms with van der Waals surface area (Å²) >= 11 is 1.96. The van der Waals surface area contributed by atoms with E-state index in [2.05, 4.69) is 0 Å². The maximum atomic E-state index is 10.4.